The standard InChI is InChI=1S/C17H16O3/c1-2-15(18)13-8-4-3-7-12(13)11-17(20)14-9-5-6-10-16(14)19/h3-10,19H,2,11H2,1H3. The van der Waals surface area contributed by atoms with Crippen molar-refractivity contribution in [3.8, 4) is 5.75 Å². The van der Waals surface area contributed by atoms with Gasteiger partial charge in [0.1, 0.15) is 5.75 Å². The van der Waals surface area contributed by atoms with Crippen LogP contribution in [0.2, 0.25) is 0 Å². The lowest BCUT2D eigenvalue weighted by Crippen LogP contribution is -2.09. The number of Topliss-reactive ketones (excluding diaryl/α,β-unsaturated/α-hetero) is 2. The number of carbonyl (C=O) groups excluding carboxylic acids is 2. The monoisotopic (exact) mass is 268 g/mol. The molecule has 20 heavy (non-hydrogen) atoms. The fraction of sp³-hybridized carbons (Fsp3) is 0.176. The van der Waals surface area contributed by atoms with Crippen molar-refractivity contribution in [1.82, 2.24) is 0 Å². The average molecular weight is 268 g/mol. The maximum atomic E-state index is 12.2. The van der Waals surface area contributed by atoms with Gasteiger partial charge in [-0.2, -0.15) is 0 Å². The van der Waals surface area contributed by atoms with E-state index in [-0.39, 0.29) is 29.3 Å². The van der Waals surface area contributed by atoms with Crippen molar-refractivity contribution in [1.29, 1.82) is 0 Å². The molecule has 0 fully saturated rings. The maximum Gasteiger partial charge on any atom is 0.170 e. The van der Waals surface area contributed by atoms with Gasteiger partial charge in [-0.3, -0.25) is 9.59 Å². The molecule has 0 bridgehead atoms. The molecule has 0 aliphatic carbocycles. The number of phenolic OH excluding ortho intramolecular Hbond substituents is 1. The van der Waals surface area contributed by atoms with Crippen molar-refractivity contribution in [3.63, 3.8) is 0 Å². The van der Waals surface area contributed by atoms with E-state index in [1.807, 2.05) is 0 Å². The Morgan fingerprint density at radius 2 is 1.50 bits per heavy atom. The van der Waals surface area contributed by atoms with E-state index in [9.17, 15) is 14.7 Å². The second-order valence-corrected chi connectivity index (χ2v) is 4.55. The molecule has 0 aliphatic heterocycles. The fourth-order valence-electron chi connectivity index (χ4n) is 2.11. The summed E-state index contributed by atoms with van der Waals surface area (Å²) in [7, 11) is 0. The molecular weight excluding hydrogens is 252 g/mol. The fourth-order valence-corrected chi connectivity index (χ4v) is 2.11. The Labute approximate surface area is 117 Å². The van der Waals surface area contributed by atoms with E-state index in [1.165, 1.54) is 6.07 Å². The van der Waals surface area contributed by atoms with E-state index >= 15 is 0 Å². The van der Waals surface area contributed by atoms with Gasteiger partial charge in [0.25, 0.3) is 0 Å². The Balaban J connectivity index is 2.29. The maximum absolute atomic E-state index is 12.2. The van der Waals surface area contributed by atoms with Crippen LogP contribution in [0.4, 0.5) is 0 Å². The van der Waals surface area contributed by atoms with E-state index < -0.39 is 0 Å². The van der Waals surface area contributed by atoms with Gasteiger partial charge >= 0.3 is 0 Å². The van der Waals surface area contributed by atoms with Crippen LogP contribution in [0, 0.1) is 0 Å². The predicted octanol–water partition coefficient (Wildman–Crippen LogP) is 3.41. The summed E-state index contributed by atoms with van der Waals surface area (Å²) in [6.45, 7) is 1.80. The lowest BCUT2D eigenvalue weighted by Gasteiger charge is -2.08. The van der Waals surface area contributed by atoms with E-state index in [0.29, 0.717) is 17.5 Å². The minimum absolute atomic E-state index is 0.0192. The van der Waals surface area contributed by atoms with E-state index in [0.717, 1.165) is 0 Å². The summed E-state index contributed by atoms with van der Waals surface area (Å²) < 4.78 is 0. The molecule has 3 heteroatoms. The third-order valence-corrected chi connectivity index (χ3v) is 3.19. The molecule has 0 aliphatic rings. The molecule has 0 saturated heterocycles. The minimum Gasteiger partial charge on any atom is -0.507 e. The molecule has 0 radical (unpaired) electrons. The van der Waals surface area contributed by atoms with Crippen LogP contribution < -0.4 is 0 Å². The van der Waals surface area contributed by atoms with Gasteiger partial charge in [0.05, 0.1) is 5.56 Å². The zero-order valence-corrected chi connectivity index (χ0v) is 11.3. The van der Waals surface area contributed by atoms with Crippen molar-refractivity contribution >= 4 is 11.6 Å². The number of aromatic hydroxyl groups is 1. The molecule has 2 aromatic carbocycles. The summed E-state index contributed by atoms with van der Waals surface area (Å²) in [4.78, 5) is 24.1. The predicted molar refractivity (Wildman–Crippen MR) is 77.2 cm³/mol. The molecule has 0 heterocycles. The molecule has 0 saturated carbocycles. The minimum atomic E-state index is -0.195. The first-order chi connectivity index (χ1) is 9.63. The molecule has 2 aromatic rings. The van der Waals surface area contributed by atoms with Gasteiger partial charge in [-0.25, -0.2) is 0 Å². The number of benzene rings is 2. The molecule has 0 unspecified atom stereocenters. The number of rotatable bonds is 5. The Hall–Kier alpha value is -2.42. The van der Waals surface area contributed by atoms with Gasteiger partial charge < -0.3 is 5.11 Å². The first-order valence-electron chi connectivity index (χ1n) is 6.55. The number of carbonyl (C=O) groups is 2. The number of phenols is 1. The number of para-hydroxylation sites is 1. The normalized spacial score (nSPS) is 10.2. The molecule has 0 amide bonds. The Morgan fingerprint density at radius 1 is 0.900 bits per heavy atom. The van der Waals surface area contributed by atoms with Gasteiger partial charge in [-0.1, -0.05) is 43.3 Å². The van der Waals surface area contributed by atoms with Crippen LogP contribution in [0.3, 0.4) is 0 Å². The summed E-state index contributed by atoms with van der Waals surface area (Å²) >= 11 is 0. The van der Waals surface area contributed by atoms with Crippen molar-refractivity contribution in [2.75, 3.05) is 0 Å². The third kappa shape index (κ3) is 2.94. The van der Waals surface area contributed by atoms with Crippen molar-refractivity contribution in [2.45, 2.75) is 19.8 Å². The van der Waals surface area contributed by atoms with Crippen molar-refractivity contribution < 1.29 is 14.7 Å². The van der Waals surface area contributed by atoms with Gasteiger partial charge in [-0.05, 0) is 17.7 Å². The van der Waals surface area contributed by atoms with Crippen LogP contribution in [-0.2, 0) is 6.42 Å². The van der Waals surface area contributed by atoms with Crippen LogP contribution in [0.15, 0.2) is 48.5 Å². The van der Waals surface area contributed by atoms with E-state index in [4.69, 9.17) is 0 Å². The zero-order valence-electron chi connectivity index (χ0n) is 11.3. The molecule has 1 N–H and O–H groups in total. The lowest BCUT2D eigenvalue weighted by molar-refractivity contribution is 0.0985. The Bertz CT molecular complexity index is 644. The highest BCUT2D eigenvalue weighted by Gasteiger charge is 2.15. The largest absolute Gasteiger partial charge is 0.507 e. The average Bonchev–Trinajstić information content (AvgIpc) is 2.47. The van der Waals surface area contributed by atoms with Crippen LogP contribution >= 0.6 is 0 Å². The van der Waals surface area contributed by atoms with E-state index in [2.05, 4.69) is 0 Å². The first-order valence-corrected chi connectivity index (χ1v) is 6.55. The Morgan fingerprint density at radius 3 is 2.15 bits per heavy atom. The van der Waals surface area contributed by atoms with Crippen LogP contribution in [0.25, 0.3) is 0 Å². The molecular formula is C17H16O3. The summed E-state index contributed by atoms with van der Waals surface area (Å²) in [6, 6.07) is 13.5. The third-order valence-electron chi connectivity index (χ3n) is 3.19. The molecule has 3 nitrogen and oxygen atoms in total. The lowest BCUT2D eigenvalue weighted by atomic mass is 9.95. The summed E-state index contributed by atoms with van der Waals surface area (Å²) in [5.74, 6) is -0.207. The molecule has 0 spiro atoms. The number of hydrogen-bond donors (Lipinski definition) is 1. The quantitative estimate of drug-likeness (QED) is 0.845. The zero-order chi connectivity index (χ0) is 14.5. The van der Waals surface area contributed by atoms with Gasteiger partial charge in [0.15, 0.2) is 11.6 Å². The summed E-state index contributed by atoms with van der Waals surface area (Å²) in [6.07, 6.45) is 0.515. The first kappa shape index (κ1) is 14.0. The summed E-state index contributed by atoms with van der Waals surface area (Å²) in [5.41, 5.74) is 1.57. The van der Waals surface area contributed by atoms with Crippen molar-refractivity contribution in [3.05, 3.63) is 65.2 Å². The van der Waals surface area contributed by atoms with Crippen LogP contribution in [0.1, 0.15) is 39.6 Å². The number of ketones is 2. The van der Waals surface area contributed by atoms with Crippen LogP contribution in [0.5, 0.6) is 5.75 Å². The molecule has 0 aromatic heterocycles. The van der Waals surface area contributed by atoms with Crippen LogP contribution in [-0.4, -0.2) is 16.7 Å². The van der Waals surface area contributed by atoms with Gasteiger partial charge in [0.2, 0.25) is 0 Å². The second-order valence-electron chi connectivity index (χ2n) is 4.55. The molecule has 0 atom stereocenters. The highest BCUT2D eigenvalue weighted by Crippen LogP contribution is 2.20. The number of hydrogen-bond acceptors (Lipinski definition) is 3. The van der Waals surface area contributed by atoms with Crippen molar-refractivity contribution in [2.24, 2.45) is 0 Å². The summed E-state index contributed by atoms with van der Waals surface area (Å²) in [5, 5.41) is 9.70. The SMILES string of the molecule is CCC(=O)c1ccccc1CC(=O)c1ccccc1O. The topological polar surface area (TPSA) is 54.4 Å². The van der Waals surface area contributed by atoms with Gasteiger partial charge in [0, 0.05) is 18.4 Å². The Kier molecular flexibility index (Phi) is 4.31. The smallest absolute Gasteiger partial charge is 0.170 e. The molecule has 102 valence electrons. The second kappa shape index (κ2) is 6.15. The molecule has 2 rings (SSSR count). The highest BCUT2D eigenvalue weighted by atomic mass is 16.3. The highest BCUT2D eigenvalue weighted by molar-refractivity contribution is 6.03. The van der Waals surface area contributed by atoms with E-state index in [1.54, 1.807) is 49.4 Å². The van der Waals surface area contributed by atoms with Gasteiger partial charge in [-0.15, -0.1) is 0 Å².